The second-order valence-electron chi connectivity index (χ2n) is 4.97. The van der Waals surface area contributed by atoms with Gasteiger partial charge in [-0.15, -0.1) is 10.2 Å². The van der Waals surface area contributed by atoms with Gasteiger partial charge in [0.25, 0.3) is 0 Å². The van der Waals surface area contributed by atoms with Crippen molar-refractivity contribution in [3.05, 3.63) is 12.2 Å². The highest BCUT2D eigenvalue weighted by Crippen LogP contribution is 2.17. The Bertz CT molecular complexity index is 291. The molecular formula is C11H22N4. The van der Waals surface area contributed by atoms with E-state index in [2.05, 4.69) is 42.5 Å². The van der Waals surface area contributed by atoms with Crippen LogP contribution in [0.25, 0.3) is 0 Å². The Morgan fingerprint density at radius 2 is 1.93 bits per heavy atom. The van der Waals surface area contributed by atoms with Crippen molar-refractivity contribution >= 4 is 0 Å². The smallest absolute Gasteiger partial charge is 0.149 e. The fraction of sp³-hybridized carbons (Fsp3) is 0.818. The van der Waals surface area contributed by atoms with E-state index in [-0.39, 0.29) is 6.04 Å². The van der Waals surface area contributed by atoms with Gasteiger partial charge >= 0.3 is 0 Å². The van der Waals surface area contributed by atoms with Crippen molar-refractivity contribution < 1.29 is 0 Å². The third-order valence-electron chi connectivity index (χ3n) is 2.26. The molecule has 1 aromatic rings. The van der Waals surface area contributed by atoms with Gasteiger partial charge in [0, 0.05) is 6.54 Å². The monoisotopic (exact) mass is 210 g/mol. The van der Waals surface area contributed by atoms with Crippen LogP contribution in [0, 0.1) is 11.8 Å². The second-order valence-corrected chi connectivity index (χ2v) is 4.97. The molecule has 1 heterocycles. The highest BCUT2D eigenvalue weighted by Gasteiger charge is 2.15. The third-order valence-corrected chi connectivity index (χ3v) is 2.26. The van der Waals surface area contributed by atoms with Crippen LogP contribution in [0.1, 0.15) is 46.0 Å². The Balaban J connectivity index is 2.71. The van der Waals surface area contributed by atoms with Crippen LogP contribution in [-0.4, -0.2) is 14.8 Å². The van der Waals surface area contributed by atoms with Crippen LogP contribution < -0.4 is 5.73 Å². The Hall–Kier alpha value is -0.900. The molecule has 2 N–H and O–H groups in total. The molecule has 1 atom stereocenters. The fourth-order valence-corrected chi connectivity index (χ4v) is 1.70. The van der Waals surface area contributed by atoms with Crippen molar-refractivity contribution in [3.63, 3.8) is 0 Å². The predicted molar refractivity (Wildman–Crippen MR) is 61.2 cm³/mol. The van der Waals surface area contributed by atoms with Crippen LogP contribution in [0.5, 0.6) is 0 Å². The average molecular weight is 210 g/mol. The Morgan fingerprint density at radius 3 is 2.47 bits per heavy atom. The van der Waals surface area contributed by atoms with Crippen LogP contribution in [0.2, 0.25) is 0 Å². The van der Waals surface area contributed by atoms with Gasteiger partial charge in [-0.3, -0.25) is 0 Å². The fourth-order valence-electron chi connectivity index (χ4n) is 1.70. The van der Waals surface area contributed by atoms with E-state index in [1.165, 1.54) is 0 Å². The zero-order chi connectivity index (χ0) is 11.4. The summed E-state index contributed by atoms with van der Waals surface area (Å²) >= 11 is 0. The van der Waals surface area contributed by atoms with Crippen molar-refractivity contribution in [2.75, 3.05) is 0 Å². The Morgan fingerprint density at radius 1 is 1.27 bits per heavy atom. The maximum absolute atomic E-state index is 6.09. The largest absolute Gasteiger partial charge is 0.321 e. The summed E-state index contributed by atoms with van der Waals surface area (Å²) in [5.74, 6) is 2.09. The molecule has 0 aromatic carbocycles. The molecule has 0 amide bonds. The molecule has 0 spiro atoms. The molecule has 86 valence electrons. The lowest BCUT2D eigenvalue weighted by Crippen LogP contribution is -2.19. The molecule has 0 bridgehead atoms. The summed E-state index contributed by atoms with van der Waals surface area (Å²) in [6, 6.07) is 0.00579. The SMILES string of the molecule is CC(C)C[C@H](N)c1nncn1CC(C)C. The zero-order valence-electron chi connectivity index (χ0n) is 10.1. The third kappa shape index (κ3) is 3.63. The molecule has 0 unspecified atom stereocenters. The van der Waals surface area contributed by atoms with Gasteiger partial charge in [0.1, 0.15) is 12.2 Å². The minimum absolute atomic E-state index is 0.00579. The van der Waals surface area contributed by atoms with Crippen LogP contribution in [-0.2, 0) is 6.54 Å². The first-order chi connectivity index (χ1) is 7.00. The number of hydrogen-bond acceptors (Lipinski definition) is 3. The summed E-state index contributed by atoms with van der Waals surface area (Å²) in [5, 5.41) is 8.05. The number of aromatic nitrogens is 3. The number of nitrogens with two attached hydrogens (primary N) is 1. The van der Waals surface area contributed by atoms with Crippen LogP contribution in [0.4, 0.5) is 0 Å². The minimum atomic E-state index is 0.00579. The van der Waals surface area contributed by atoms with Gasteiger partial charge in [-0.05, 0) is 18.3 Å². The van der Waals surface area contributed by atoms with E-state index in [1.54, 1.807) is 6.33 Å². The maximum atomic E-state index is 6.09. The number of nitrogens with zero attached hydrogens (tertiary/aromatic N) is 3. The Kier molecular flexibility index (Phi) is 4.27. The van der Waals surface area contributed by atoms with Crippen molar-refractivity contribution in [2.24, 2.45) is 17.6 Å². The topological polar surface area (TPSA) is 56.7 Å². The summed E-state index contributed by atoms with van der Waals surface area (Å²) < 4.78 is 2.07. The molecule has 0 aliphatic heterocycles. The molecule has 0 aliphatic rings. The maximum Gasteiger partial charge on any atom is 0.149 e. The van der Waals surface area contributed by atoms with E-state index in [4.69, 9.17) is 5.73 Å². The van der Waals surface area contributed by atoms with Crippen LogP contribution >= 0.6 is 0 Å². The Labute approximate surface area is 91.9 Å². The van der Waals surface area contributed by atoms with E-state index in [0.717, 1.165) is 18.8 Å². The standard InChI is InChI=1S/C11H22N4/c1-8(2)5-10(12)11-14-13-7-15(11)6-9(3)4/h7-10H,5-6,12H2,1-4H3/t10-/m0/s1. The van der Waals surface area contributed by atoms with E-state index in [1.807, 2.05) is 0 Å². The molecule has 4 nitrogen and oxygen atoms in total. The summed E-state index contributed by atoms with van der Waals surface area (Å²) in [6.07, 6.45) is 2.73. The molecule has 0 saturated heterocycles. The van der Waals surface area contributed by atoms with Crippen molar-refractivity contribution in [3.8, 4) is 0 Å². The van der Waals surface area contributed by atoms with Gasteiger partial charge in [-0.1, -0.05) is 27.7 Å². The molecule has 0 fully saturated rings. The van der Waals surface area contributed by atoms with E-state index in [9.17, 15) is 0 Å². The zero-order valence-corrected chi connectivity index (χ0v) is 10.1. The summed E-state index contributed by atoms with van der Waals surface area (Å²) in [4.78, 5) is 0. The van der Waals surface area contributed by atoms with E-state index in [0.29, 0.717) is 11.8 Å². The summed E-state index contributed by atoms with van der Waals surface area (Å²) in [6.45, 7) is 9.63. The van der Waals surface area contributed by atoms with Gasteiger partial charge < -0.3 is 10.3 Å². The van der Waals surface area contributed by atoms with Gasteiger partial charge in [0.05, 0.1) is 6.04 Å². The lowest BCUT2D eigenvalue weighted by molar-refractivity contribution is 0.447. The molecule has 1 rings (SSSR count). The first kappa shape index (κ1) is 12.2. The van der Waals surface area contributed by atoms with Crippen LogP contribution in [0.15, 0.2) is 6.33 Å². The van der Waals surface area contributed by atoms with Crippen molar-refractivity contribution in [2.45, 2.75) is 46.7 Å². The first-order valence-corrected chi connectivity index (χ1v) is 5.64. The van der Waals surface area contributed by atoms with Gasteiger partial charge in [-0.25, -0.2) is 0 Å². The van der Waals surface area contributed by atoms with E-state index < -0.39 is 0 Å². The number of hydrogen-bond donors (Lipinski definition) is 1. The number of rotatable bonds is 5. The van der Waals surface area contributed by atoms with Crippen LogP contribution in [0.3, 0.4) is 0 Å². The summed E-state index contributed by atoms with van der Waals surface area (Å²) in [7, 11) is 0. The lowest BCUT2D eigenvalue weighted by Gasteiger charge is -2.15. The second kappa shape index (κ2) is 5.26. The highest BCUT2D eigenvalue weighted by molar-refractivity contribution is 4.94. The molecular weight excluding hydrogens is 188 g/mol. The minimum Gasteiger partial charge on any atom is -0.321 e. The quantitative estimate of drug-likeness (QED) is 0.808. The lowest BCUT2D eigenvalue weighted by atomic mass is 10.0. The molecule has 0 radical (unpaired) electrons. The van der Waals surface area contributed by atoms with Crippen molar-refractivity contribution in [1.82, 2.24) is 14.8 Å². The molecule has 1 aromatic heterocycles. The normalized spacial score (nSPS) is 13.8. The molecule has 15 heavy (non-hydrogen) atoms. The highest BCUT2D eigenvalue weighted by atomic mass is 15.3. The molecule has 0 saturated carbocycles. The van der Waals surface area contributed by atoms with Gasteiger partial charge in [-0.2, -0.15) is 0 Å². The molecule has 0 aliphatic carbocycles. The van der Waals surface area contributed by atoms with Crippen molar-refractivity contribution in [1.29, 1.82) is 0 Å². The van der Waals surface area contributed by atoms with Gasteiger partial charge in [0.15, 0.2) is 0 Å². The summed E-state index contributed by atoms with van der Waals surface area (Å²) in [5.41, 5.74) is 6.09. The van der Waals surface area contributed by atoms with E-state index >= 15 is 0 Å². The predicted octanol–water partition coefficient (Wildman–Crippen LogP) is 1.98. The van der Waals surface area contributed by atoms with Gasteiger partial charge in [0.2, 0.25) is 0 Å². The average Bonchev–Trinajstić information content (AvgIpc) is 2.49. The molecule has 4 heteroatoms. The first-order valence-electron chi connectivity index (χ1n) is 5.64.